The molecule has 2 unspecified atom stereocenters. The second-order valence-electron chi connectivity index (χ2n) is 9.54. The number of amides is 2. The third kappa shape index (κ3) is 11.7. The molecule has 1 aromatic rings. The van der Waals surface area contributed by atoms with E-state index in [4.69, 9.17) is 29.9 Å². The van der Waals surface area contributed by atoms with E-state index in [1.807, 2.05) is 13.8 Å². The fourth-order valence-corrected chi connectivity index (χ4v) is 4.33. The van der Waals surface area contributed by atoms with Crippen molar-refractivity contribution < 1.29 is 63.5 Å². The molecule has 0 radical (unpaired) electrons. The van der Waals surface area contributed by atoms with Crippen LogP contribution in [0.25, 0.3) is 0 Å². The van der Waals surface area contributed by atoms with Crippen LogP contribution in [-0.2, 0) is 28.7 Å². The number of carbonyl (C=O) groups is 7. The summed E-state index contributed by atoms with van der Waals surface area (Å²) in [5.74, 6) is -6.39. The van der Waals surface area contributed by atoms with Gasteiger partial charge in [-0.2, -0.15) is 4.99 Å². The van der Waals surface area contributed by atoms with Crippen molar-refractivity contribution >= 4 is 77.2 Å². The van der Waals surface area contributed by atoms with Gasteiger partial charge in [0.1, 0.15) is 18.6 Å². The molecular formula is C28H37N2NaO13. The van der Waals surface area contributed by atoms with Crippen LogP contribution in [0.2, 0.25) is 0 Å². The van der Waals surface area contributed by atoms with Crippen LogP contribution in [0.4, 0.5) is 0 Å². The minimum absolute atomic E-state index is 0. The first-order chi connectivity index (χ1) is 20.2. The molecule has 0 spiro atoms. The molecule has 238 valence electrons. The number of aliphatic imine (C=N–C) groups is 1. The zero-order chi connectivity index (χ0) is 32.7. The second-order valence-corrected chi connectivity index (χ2v) is 9.54. The van der Waals surface area contributed by atoms with Gasteiger partial charge in [-0.3, -0.25) is 24.5 Å². The Kier molecular flexibility index (Phi) is 17.8. The number of amidine groups is 1. The molecule has 0 aliphatic carbocycles. The number of carboxylic acids is 3. The fraction of sp³-hybridized carbons (Fsp3) is 0.500. The van der Waals surface area contributed by atoms with Gasteiger partial charge in [0.2, 0.25) is 5.91 Å². The quantitative estimate of drug-likeness (QED) is 0.0806. The number of aliphatic hydroxyl groups excluding tert-OH is 1. The Morgan fingerprint density at radius 3 is 2.05 bits per heavy atom. The van der Waals surface area contributed by atoms with Gasteiger partial charge >= 0.3 is 59.4 Å². The average Bonchev–Trinajstić information content (AvgIpc) is 2.93. The Labute approximate surface area is 275 Å². The summed E-state index contributed by atoms with van der Waals surface area (Å²) < 4.78 is 9.65. The van der Waals surface area contributed by atoms with Crippen LogP contribution in [0.5, 0.6) is 0 Å². The molecule has 1 heterocycles. The Balaban J connectivity index is 0.000000929. The Bertz CT molecular complexity index is 1260. The van der Waals surface area contributed by atoms with Gasteiger partial charge in [0, 0.05) is 12.8 Å². The number of nitrogens with zero attached hydrogens (tertiary/aromatic N) is 1. The fourth-order valence-electron chi connectivity index (χ4n) is 4.33. The molecule has 2 rings (SSSR count). The normalized spacial score (nSPS) is 16.1. The summed E-state index contributed by atoms with van der Waals surface area (Å²) in [4.78, 5) is 82.9. The van der Waals surface area contributed by atoms with Gasteiger partial charge in [-0.15, -0.1) is 0 Å². The Morgan fingerprint density at radius 1 is 0.932 bits per heavy atom. The number of ether oxygens (including phenoxy) is 2. The number of aliphatic carboxylic acids is 1. The average molecular weight is 633 g/mol. The van der Waals surface area contributed by atoms with Gasteiger partial charge in [0.25, 0.3) is 11.9 Å². The molecule has 0 saturated heterocycles. The van der Waals surface area contributed by atoms with Gasteiger partial charge in [-0.05, 0) is 49.8 Å². The first kappa shape index (κ1) is 40.2. The molecule has 1 aliphatic heterocycles. The molecule has 5 N–H and O–H groups in total. The van der Waals surface area contributed by atoms with Crippen LogP contribution in [0.1, 0.15) is 96.8 Å². The van der Waals surface area contributed by atoms with Crippen LogP contribution in [-0.4, -0.2) is 111 Å². The summed E-state index contributed by atoms with van der Waals surface area (Å²) in [7, 11) is 0. The van der Waals surface area contributed by atoms with Crippen LogP contribution >= 0.6 is 0 Å². The third-order valence-electron chi connectivity index (χ3n) is 6.66. The molecule has 1 aliphatic rings. The van der Waals surface area contributed by atoms with Crippen molar-refractivity contribution in [3.05, 3.63) is 34.9 Å². The first-order valence-corrected chi connectivity index (χ1v) is 13.5. The maximum atomic E-state index is 11.9. The number of carboxylic acid groups (broad SMARTS) is 3. The van der Waals surface area contributed by atoms with Crippen molar-refractivity contribution in [3.63, 3.8) is 0 Å². The predicted octanol–water partition coefficient (Wildman–Crippen LogP) is 2.17. The van der Waals surface area contributed by atoms with Crippen LogP contribution in [0.3, 0.4) is 0 Å². The summed E-state index contributed by atoms with van der Waals surface area (Å²) in [6.45, 7) is 5.18. The minimum atomic E-state index is -1.50. The van der Waals surface area contributed by atoms with Crippen molar-refractivity contribution in [2.24, 2.45) is 16.3 Å². The van der Waals surface area contributed by atoms with Crippen molar-refractivity contribution in [2.45, 2.75) is 65.7 Å². The van der Waals surface area contributed by atoms with E-state index in [9.17, 15) is 33.6 Å². The number of unbranched alkanes of at least 4 members (excludes halogenated alkanes) is 1. The zero-order valence-corrected chi connectivity index (χ0v) is 24.1. The van der Waals surface area contributed by atoms with Gasteiger partial charge in [-0.1, -0.05) is 27.2 Å². The molecule has 0 aromatic heterocycles. The molecule has 0 fully saturated rings. The summed E-state index contributed by atoms with van der Waals surface area (Å²) in [5.41, 5.74) is -2.28. The number of nitrogens with one attached hydrogen (secondary N) is 1. The summed E-state index contributed by atoms with van der Waals surface area (Å²) >= 11 is 0. The third-order valence-corrected chi connectivity index (χ3v) is 6.66. The molecule has 2 amide bonds. The Morgan fingerprint density at radius 2 is 1.52 bits per heavy atom. The number of rotatable bonds is 15. The second kappa shape index (κ2) is 19.5. The predicted molar refractivity (Wildman–Crippen MR) is 155 cm³/mol. The van der Waals surface area contributed by atoms with Crippen LogP contribution in [0.15, 0.2) is 23.2 Å². The van der Waals surface area contributed by atoms with Crippen LogP contribution < -0.4 is 5.32 Å². The topological polar surface area (TPSA) is 243 Å². The van der Waals surface area contributed by atoms with E-state index in [1.165, 1.54) is 0 Å². The summed E-state index contributed by atoms with van der Waals surface area (Å²) in [6, 6.07) is 2.40. The van der Waals surface area contributed by atoms with Crippen molar-refractivity contribution in [2.75, 3.05) is 13.2 Å². The SMILES string of the molecule is CCCC(C)C1(CC)C(=O)N=C(O)NC1=O.O=C(O)CCCCC(=O)OCCOC(=O)c1ccc(C(=O)O)c(C(=O)O)c1.[NaH]. The molecule has 16 heteroatoms. The maximum absolute atomic E-state index is 11.9. The van der Waals surface area contributed by atoms with Crippen molar-refractivity contribution in [3.8, 4) is 0 Å². The van der Waals surface area contributed by atoms with Gasteiger partial charge in [-0.25, -0.2) is 14.4 Å². The zero-order valence-electron chi connectivity index (χ0n) is 24.1. The monoisotopic (exact) mass is 632 g/mol. The van der Waals surface area contributed by atoms with E-state index in [0.29, 0.717) is 19.3 Å². The molecular weight excluding hydrogens is 595 g/mol. The standard InChI is InChI=1S/C17H18O10.C11H18N2O3.Na.H/c18-13(19)3-1-2-4-14(20)26-7-8-27-17(25)10-5-6-11(15(21)22)12(9-10)16(23)24;1-4-6-7(3)11(5-2)8(14)12-10(16)13-9(11)15;;/h5-6,9H,1-4,7-8H2,(H,18,19)(H,21,22)(H,23,24);7H,4-6H2,1-3H3,(H2,12,13,14,15,16);;. The summed E-state index contributed by atoms with van der Waals surface area (Å²) in [5, 5.41) is 37.7. The van der Waals surface area contributed by atoms with E-state index < -0.39 is 64.2 Å². The number of esters is 2. The van der Waals surface area contributed by atoms with E-state index in [1.54, 1.807) is 6.92 Å². The van der Waals surface area contributed by atoms with Gasteiger partial charge < -0.3 is 29.9 Å². The van der Waals surface area contributed by atoms with E-state index >= 15 is 0 Å². The number of carbonyl (C=O) groups excluding carboxylic acids is 4. The van der Waals surface area contributed by atoms with E-state index in [2.05, 4.69) is 10.3 Å². The van der Waals surface area contributed by atoms with Crippen molar-refractivity contribution in [1.29, 1.82) is 0 Å². The number of hydrogen-bond acceptors (Lipinski definition) is 9. The molecule has 2 atom stereocenters. The number of hydrogen-bond donors (Lipinski definition) is 5. The Hall–Kier alpha value is -3.82. The molecule has 0 bridgehead atoms. The van der Waals surface area contributed by atoms with E-state index in [0.717, 1.165) is 31.0 Å². The number of aromatic carboxylic acids is 2. The van der Waals surface area contributed by atoms with Gasteiger partial charge in [0.05, 0.1) is 16.7 Å². The molecule has 1 aromatic carbocycles. The van der Waals surface area contributed by atoms with Crippen LogP contribution in [0, 0.1) is 11.3 Å². The summed E-state index contributed by atoms with van der Waals surface area (Å²) in [6.07, 6.45) is 2.79. The first-order valence-electron chi connectivity index (χ1n) is 13.5. The number of benzene rings is 1. The molecule has 15 nitrogen and oxygen atoms in total. The molecule has 44 heavy (non-hydrogen) atoms. The van der Waals surface area contributed by atoms with Gasteiger partial charge in [0.15, 0.2) is 0 Å². The van der Waals surface area contributed by atoms with E-state index in [-0.39, 0.29) is 67.1 Å². The number of aliphatic hydroxyl groups is 1. The van der Waals surface area contributed by atoms with Crippen molar-refractivity contribution in [1.82, 2.24) is 5.32 Å². The molecule has 0 saturated carbocycles.